The van der Waals surface area contributed by atoms with Crippen molar-refractivity contribution in [2.24, 2.45) is 7.05 Å². The topological polar surface area (TPSA) is 115 Å². The number of nitrogens with zero attached hydrogens (tertiary/aromatic N) is 6. The number of hydrogen-bond acceptors (Lipinski definition) is 9. The van der Waals surface area contributed by atoms with E-state index in [4.69, 9.17) is 4.74 Å². The second-order valence-electron chi connectivity index (χ2n) is 7.71. The summed E-state index contributed by atoms with van der Waals surface area (Å²) in [5, 5.41) is 21.3. The SMILES string of the molecule is C[C@@H](c1nnc(SCC(=O)Nc2nnc(-c3ccccc3)s2)n1C)N1C(=O)COc2ccccc21. The van der Waals surface area contributed by atoms with Crippen molar-refractivity contribution in [3.05, 3.63) is 60.4 Å². The molecule has 1 aliphatic heterocycles. The van der Waals surface area contributed by atoms with E-state index in [0.29, 0.717) is 27.5 Å². The van der Waals surface area contributed by atoms with Crippen molar-refractivity contribution >= 4 is 45.7 Å². The second kappa shape index (κ2) is 9.84. The number of benzene rings is 2. The van der Waals surface area contributed by atoms with Crippen LogP contribution in [0.3, 0.4) is 0 Å². The van der Waals surface area contributed by atoms with E-state index in [1.54, 1.807) is 9.47 Å². The molecule has 5 rings (SSSR count). The van der Waals surface area contributed by atoms with Crippen LogP contribution in [0.2, 0.25) is 0 Å². The molecule has 10 nitrogen and oxygen atoms in total. The monoisotopic (exact) mass is 507 g/mol. The summed E-state index contributed by atoms with van der Waals surface area (Å²) < 4.78 is 7.33. The number of nitrogens with one attached hydrogen (secondary N) is 1. The van der Waals surface area contributed by atoms with E-state index >= 15 is 0 Å². The summed E-state index contributed by atoms with van der Waals surface area (Å²) >= 11 is 2.57. The highest BCUT2D eigenvalue weighted by atomic mass is 32.2. The molecule has 12 heteroatoms. The first-order valence-electron chi connectivity index (χ1n) is 10.8. The number of ether oxygens (including phenoxy) is 1. The third-order valence-electron chi connectivity index (χ3n) is 5.40. The Morgan fingerprint density at radius 3 is 2.71 bits per heavy atom. The van der Waals surface area contributed by atoms with Gasteiger partial charge in [-0.2, -0.15) is 0 Å². The average molecular weight is 508 g/mol. The molecule has 0 saturated carbocycles. The fourth-order valence-electron chi connectivity index (χ4n) is 3.73. The standard InChI is InChI=1S/C23H21N7O3S2/c1-14(30-16-10-6-7-11-17(16)33-12-19(30)32)20-25-28-23(29(20)2)34-13-18(31)24-22-27-26-21(35-22)15-8-4-3-5-9-15/h3-11,14H,12-13H2,1-2H3,(H,24,27,31)/t14-/m0/s1. The Kier molecular flexibility index (Phi) is 6.47. The van der Waals surface area contributed by atoms with E-state index < -0.39 is 0 Å². The van der Waals surface area contributed by atoms with Gasteiger partial charge < -0.3 is 9.30 Å². The summed E-state index contributed by atoms with van der Waals surface area (Å²) in [5.41, 5.74) is 1.64. The number of para-hydroxylation sites is 2. The smallest absolute Gasteiger partial charge is 0.265 e. The highest BCUT2D eigenvalue weighted by Crippen LogP contribution is 2.37. The van der Waals surface area contributed by atoms with Crippen LogP contribution in [0.25, 0.3) is 10.6 Å². The van der Waals surface area contributed by atoms with Gasteiger partial charge in [-0.15, -0.1) is 20.4 Å². The Bertz CT molecular complexity index is 1370. The molecule has 0 aliphatic carbocycles. The molecular formula is C23H21N7O3S2. The lowest BCUT2D eigenvalue weighted by atomic mass is 10.1. The van der Waals surface area contributed by atoms with Crippen molar-refractivity contribution in [1.29, 1.82) is 0 Å². The van der Waals surface area contributed by atoms with Crippen LogP contribution in [0.4, 0.5) is 10.8 Å². The van der Waals surface area contributed by atoms with E-state index in [1.807, 2.05) is 68.6 Å². The average Bonchev–Trinajstić information content (AvgIpc) is 3.49. The molecule has 0 fully saturated rings. The zero-order valence-corrected chi connectivity index (χ0v) is 20.5. The fraction of sp³-hybridized carbons (Fsp3) is 0.217. The predicted molar refractivity (Wildman–Crippen MR) is 134 cm³/mol. The first-order chi connectivity index (χ1) is 17.0. The molecule has 2 amide bonds. The van der Waals surface area contributed by atoms with Gasteiger partial charge in [0, 0.05) is 12.6 Å². The molecule has 0 spiro atoms. The summed E-state index contributed by atoms with van der Waals surface area (Å²) in [5.74, 6) is 1.01. The van der Waals surface area contributed by atoms with Crippen LogP contribution in [0.1, 0.15) is 18.8 Å². The van der Waals surface area contributed by atoms with Crippen molar-refractivity contribution in [3.8, 4) is 16.3 Å². The lowest BCUT2D eigenvalue weighted by molar-refractivity contribution is -0.121. The van der Waals surface area contributed by atoms with Crippen LogP contribution in [-0.2, 0) is 16.6 Å². The minimum absolute atomic E-state index is 0.0292. The Morgan fingerprint density at radius 1 is 1.11 bits per heavy atom. The van der Waals surface area contributed by atoms with Gasteiger partial charge in [0.1, 0.15) is 10.8 Å². The quantitative estimate of drug-likeness (QED) is 0.378. The number of carbonyl (C=O) groups is 2. The van der Waals surface area contributed by atoms with E-state index in [0.717, 1.165) is 10.6 Å². The summed E-state index contributed by atoms with van der Waals surface area (Å²) in [6, 6.07) is 16.7. The van der Waals surface area contributed by atoms with E-state index in [1.165, 1.54) is 23.1 Å². The minimum atomic E-state index is -0.369. The van der Waals surface area contributed by atoms with Crippen LogP contribution in [-0.4, -0.2) is 49.1 Å². The van der Waals surface area contributed by atoms with E-state index in [2.05, 4.69) is 25.7 Å². The number of carbonyl (C=O) groups excluding carboxylic acids is 2. The lowest BCUT2D eigenvalue weighted by Gasteiger charge is -2.33. The molecular weight excluding hydrogens is 486 g/mol. The van der Waals surface area contributed by atoms with Crippen LogP contribution < -0.4 is 15.0 Å². The van der Waals surface area contributed by atoms with Gasteiger partial charge in [0.25, 0.3) is 5.91 Å². The maximum Gasteiger partial charge on any atom is 0.265 e. The van der Waals surface area contributed by atoms with Gasteiger partial charge in [0.05, 0.1) is 17.5 Å². The molecule has 1 atom stereocenters. The Labute approximate surface area is 209 Å². The van der Waals surface area contributed by atoms with Crippen LogP contribution in [0.5, 0.6) is 5.75 Å². The van der Waals surface area contributed by atoms with Crippen LogP contribution in [0, 0.1) is 0 Å². The summed E-state index contributed by atoms with van der Waals surface area (Å²) in [6.07, 6.45) is 0. The number of aromatic nitrogens is 5. The molecule has 1 N–H and O–H groups in total. The third-order valence-corrected chi connectivity index (χ3v) is 7.31. The van der Waals surface area contributed by atoms with Crippen molar-refractivity contribution in [1.82, 2.24) is 25.0 Å². The van der Waals surface area contributed by atoms with Gasteiger partial charge in [-0.1, -0.05) is 65.6 Å². The maximum atomic E-state index is 12.6. The fourth-order valence-corrected chi connectivity index (χ4v) is 5.22. The van der Waals surface area contributed by atoms with Gasteiger partial charge in [-0.05, 0) is 19.1 Å². The van der Waals surface area contributed by atoms with Gasteiger partial charge in [-0.25, -0.2) is 0 Å². The lowest BCUT2D eigenvalue weighted by Crippen LogP contribution is -2.41. The van der Waals surface area contributed by atoms with Gasteiger partial charge in [0.15, 0.2) is 17.6 Å². The zero-order valence-electron chi connectivity index (χ0n) is 18.9. The van der Waals surface area contributed by atoms with Gasteiger partial charge >= 0.3 is 0 Å². The van der Waals surface area contributed by atoms with Crippen LogP contribution in [0.15, 0.2) is 59.8 Å². The Hall–Kier alpha value is -3.77. The van der Waals surface area contributed by atoms with Crippen molar-refractivity contribution in [2.75, 3.05) is 22.6 Å². The molecule has 1 aliphatic rings. The molecule has 2 aromatic carbocycles. The summed E-state index contributed by atoms with van der Waals surface area (Å²) in [7, 11) is 1.82. The third kappa shape index (κ3) is 4.75. The van der Waals surface area contributed by atoms with E-state index in [-0.39, 0.29) is 30.2 Å². The molecule has 0 radical (unpaired) electrons. The predicted octanol–water partition coefficient (Wildman–Crippen LogP) is 3.55. The maximum absolute atomic E-state index is 12.6. The first kappa shape index (κ1) is 23.0. The number of hydrogen-bond donors (Lipinski definition) is 1. The number of anilines is 2. The van der Waals surface area contributed by atoms with Crippen molar-refractivity contribution in [3.63, 3.8) is 0 Å². The molecule has 3 heterocycles. The zero-order chi connectivity index (χ0) is 24.4. The number of thioether (sulfide) groups is 1. The van der Waals surface area contributed by atoms with Gasteiger partial charge in [0.2, 0.25) is 11.0 Å². The molecule has 0 bridgehead atoms. The molecule has 35 heavy (non-hydrogen) atoms. The largest absolute Gasteiger partial charge is 0.482 e. The highest BCUT2D eigenvalue weighted by Gasteiger charge is 2.32. The number of fused-ring (bicyclic) bond motifs is 1. The summed E-state index contributed by atoms with van der Waals surface area (Å²) in [4.78, 5) is 26.8. The van der Waals surface area contributed by atoms with Crippen LogP contribution >= 0.6 is 23.1 Å². The Balaban J connectivity index is 1.23. The molecule has 4 aromatic rings. The van der Waals surface area contributed by atoms with Crippen molar-refractivity contribution < 1.29 is 14.3 Å². The normalized spacial score (nSPS) is 13.8. The van der Waals surface area contributed by atoms with E-state index in [9.17, 15) is 9.59 Å². The minimum Gasteiger partial charge on any atom is -0.482 e. The molecule has 178 valence electrons. The first-order valence-corrected chi connectivity index (χ1v) is 12.6. The molecule has 0 unspecified atom stereocenters. The molecule has 0 saturated heterocycles. The highest BCUT2D eigenvalue weighted by molar-refractivity contribution is 7.99. The number of amides is 2. The molecule has 2 aromatic heterocycles. The number of rotatable bonds is 7. The second-order valence-corrected chi connectivity index (χ2v) is 9.63. The van der Waals surface area contributed by atoms with Gasteiger partial charge in [-0.3, -0.25) is 19.8 Å². The summed E-state index contributed by atoms with van der Waals surface area (Å²) in [6.45, 7) is 1.86. The Morgan fingerprint density at radius 2 is 1.89 bits per heavy atom. The van der Waals surface area contributed by atoms with Crippen molar-refractivity contribution in [2.45, 2.75) is 18.1 Å².